The third kappa shape index (κ3) is 5.62. The highest BCUT2D eigenvalue weighted by Gasteiger charge is 2.31. The lowest BCUT2D eigenvalue weighted by Crippen LogP contribution is -2.47. The molecule has 3 rings (SSSR count). The Morgan fingerprint density at radius 1 is 1.06 bits per heavy atom. The van der Waals surface area contributed by atoms with Gasteiger partial charge >= 0.3 is 0 Å². The van der Waals surface area contributed by atoms with Gasteiger partial charge in [-0.05, 0) is 85.4 Å². The molecule has 1 atom stereocenters. The van der Waals surface area contributed by atoms with Crippen LogP contribution in [-0.4, -0.2) is 43.9 Å². The van der Waals surface area contributed by atoms with Gasteiger partial charge in [-0.1, -0.05) is 19.4 Å². The minimum atomic E-state index is -0.00833. The second-order valence-corrected chi connectivity index (χ2v) is 8.47. The molecule has 0 fully saturated rings. The van der Waals surface area contributed by atoms with Crippen molar-refractivity contribution in [2.45, 2.75) is 46.1 Å². The van der Waals surface area contributed by atoms with Crippen molar-refractivity contribution in [3.05, 3.63) is 52.6 Å². The molecule has 1 heterocycles. The summed E-state index contributed by atoms with van der Waals surface area (Å²) in [4.78, 5) is 2.25. The van der Waals surface area contributed by atoms with Crippen molar-refractivity contribution in [2.75, 3.05) is 33.9 Å². The Morgan fingerprint density at radius 3 is 2.39 bits per heavy atom. The van der Waals surface area contributed by atoms with E-state index in [1.165, 1.54) is 22.3 Å². The van der Waals surface area contributed by atoms with Gasteiger partial charge in [0.05, 0.1) is 20.3 Å². The highest BCUT2D eigenvalue weighted by Crippen LogP contribution is 2.38. The highest BCUT2D eigenvalue weighted by atomic mass is 32.1. The number of unbranched alkanes of at least 4 members (excludes halogenated alkanes) is 1. The zero-order chi connectivity index (χ0) is 22.4. The molecule has 0 aromatic heterocycles. The Labute approximate surface area is 191 Å². The van der Waals surface area contributed by atoms with E-state index >= 15 is 0 Å². The number of aryl methyl sites for hydroxylation is 2. The molecule has 0 aliphatic carbocycles. The quantitative estimate of drug-likeness (QED) is 0.460. The first-order valence-corrected chi connectivity index (χ1v) is 11.4. The number of fused-ring (bicyclic) bond motifs is 1. The van der Waals surface area contributed by atoms with Crippen LogP contribution in [0.15, 0.2) is 30.3 Å². The smallest absolute Gasteiger partial charge is 0.169 e. The predicted molar refractivity (Wildman–Crippen MR) is 130 cm³/mol. The molecule has 0 spiro atoms. The van der Waals surface area contributed by atoms with E-state index in [4.69, 9.17) is 26.4 Å². The number of hydrogen-bond donors (Lipinski definition) is 1. The zero-order valence-corrected chi connectivity index (χ0v) is 20.1. The number of nitrogens with one attached hydrogen (secondary N) is 1. The number of ether oxygens (including phenoxy) is 3. The third-order valence-electron chi connectivity index (χ3n) is 5.67. The van der Waals surface area contributed by atoms with Gasteiger partial charge < -0.3 is 24.4 Å². The first-order chi connectivity index (χ1) is 15.0. The maximum Gasteiger partial charge on any atom is 0.169 e. The fraction of sp³-hybridized carbons (Fsp3) is 0.480. The largest absolute Gasteiger partial charge is 0.493 e. The summed E-state index contributed by atoms with van der Waals surface area (Å²) in [7, 11) is 3.34. The Hall–Kier alpha value is -2.47. The zero-order valence-electron chi connectivity index (χ0n) is 19.3. The van der Waals surface area contributed by atoms with Crippen LogP contribution in [0.4, 0.5) is 0 Å². The van der Waals surface area contributed by atoms with Crippen LogP contribution in [0.3, 0.4) is 0 Å². The Morgan fingerprint density at radius 2 is 1.74 bits per heavy atom. The van der Waals surface area contributed by atoms with E-state index in [0.29, 0.717) is 6.61 Å². The molecule has 31 heavy (non-hydrogen) atoms. The van der Waals surface area contributed by atoms with Crippen molar-refractivity contribution in [3.8, 4) is 17.2 Å². The van der Waals surface area contributed by atoms with E-state index in [1.54, 1.807) is 14.2 Å². The normalized spacial score (nSPS) is 15.3. The van der Waals surface area contributed by atoms with E-state index < -0.39 is 0 Å². The van der Waals surface area contributed by atoms with Crippen LogP contribution >= 0.6 is 12.2 Å². The van der Waals surface area contributed by atoms with Gasteiger partial charge in [-0.2, -0.15) is 0 Å². The molecule has 0 saturated carbocycles. The van der Waals surface area contributed by atoms with Gasteiger partial charge in [0, 0.05) is 13.1 Å². The predicted octanol–water partition coefficient (Wildman–Crippen LogP) is 4.97. The van der Waals surface area contributed by atoms with E-state index in [0.717, 1.165) is 54.7 Å². The van der Waals surface area contributed by atoms with Crippen LogP contribution in [0.25, 0.3) is 0 Å². The summed E-state index contributed by atoms with van der Waals surface area (Å²) in [5.74, 6) is 2.37. The lowest BCUT2D eigenvalue weighted by molar-refractivity contribution is 0.187. The fourth-order valence-corrected chi connectivity index (χ4v) is 4.44. The maximum atomic E-state index is 6.30. The molecular weight excluding hydrogens is 408 g/mol. The van der Waals surface area contributed by atoms with E-state index in [9.17, 15) is 0 Å². The molecule has 1 aliphatic rings. The van der Waals surface area contributed by atoms with Crippen molar-refractivity contribution in [2.24, 2.45) is 0 Å². The molecule has 6 heteroatoms. The first kappa shape index (κ1) is 23.2. The second kappa shape index (κ2) is 10.7. The molecule has 2 aromatic carbocycles. The number of rotatable bonds is 8. The molecule has 0 unspecified atom stereocenters. The van der Waals surface area contributed by atoms with Crippen molar-refractivity contribution in [3.63, 3.8) is 0 Å². The van der Waals surface area contributed by atoms with E-state index in [1.807, 2.05) is 0 Å². The lowest BCUT2D eigenvalue weighted by Gasteiger charge is -2.39. The number of nitrogens with zero attached hydrogens (tertiary/aromatic N) is 1. The molecule has 1 aliphatic heterocycles. The molecule has 1 N–H and O–H groups in total. The van der Waals surface area contributed by atoms with Gasteiger partial charge in [0.15, 0.2) is 16.6 Å². The summed E-state index contributed by atoms with van der Waals surface area (Å²) in [6.45, 7) is 8.58. The van der Waals surface area contributed by atoms with E-state index in [2.05, 4.69) is 61.3 Å². The van der Waals surface area contributed by atoms with Crippen LogP contribution in [0.5, 0.6) is 17.2 Å². The summed E-state index contributed by atoms with van der Waals surface area (Å²) in [6.07, 6.45) is 3.12. The first-order valence-electron chi connectivity index (χ1n) is 11.0. The van der Waals surface area contributed by atoms with Gasteiger partial charge in [-0.15, -0.1) is 0 Å². The van der Waals surface area contributed by atoms with Crippen LogP contribution < -0.4 is 19.5 Å². The Balaban J connectivity index is 1.90. The summed E-state index contributed by atoms with van der Waals surface area (Å²) in [5, 5.41) is 4.21. The van der Waals surface area contributed by atoms with E-state index in [-0.39, 0.29) is 6.04 Å². The van der Waals surface area contributed by atoms with Gasteiger partial charge in [0.1, 0.15) is 12.4 Å². The van der Waals surface area contributed by atoms with Crippen LogP contribution in [0.1, 0.15) is 48.1 Å². The lowest BCUT2D eigenvalue weighted by atomic mass is 9.92. The van der Waals surface area contributed by atoms with Crippen molar-refractivity contribution in [1.29, 1.82) is 0 Å². The SMILES string of the molecule is CCCCNC(=S)N1CCc2cc(OC)c(OC)cc2[C@@H]1COc1cc(C)cc(C)c1. The average molecular weight is 443 g/mol. The summed E-state index contributed by atoms with van der Waals surface area (Å²) in [6, 6.07) is 10.5. The third-order valence-corrected chi connectivity index (χ3v) is 6.05. The molecule has 0 saturated heterocycles. The number of hydrogen-bond acceptors (Lipinski definition) is 4. The van der Waals surface area contributed by atoms with Crippen molar-refractivity contribution >= 4 is 17.3 Å². The molecule has 0 bridgehead atoms. The Bertz CT molecular complexity index is 896. The van der Waals surface area contributed by atoms with Crippen LogP contribution in [0, 0.1) is 13.8 Å². The number of thiocarbonyl (C=S) groups is 1. The summed E-state index contributed by atoms with van der Waals surface area (Å²) in [5.41, 5.74) is 4.81. The van der Waals surface area contributed by atoms with Crippen molar-refractivity contribution in [1.82, 2.24) is 10.2 Å². The topological polar surface area (TPSA) is 43.0 Å². The second-order valence-electron chi connectivity index (χ2n) is 8.09. The van der Waals surface area contributed by atoms with Gasteiger partial charge in [-0.25, -0.2) is 0 Å². The molecule has 168 valence electrons. The van der Waals surface area contributed by atoms with Gasteiger partial charge in [0.25, 0.3) is 0 Å². The standard InChI is InChI=1S/C25H34N2O3S/c1-6-7-9-26-25(31)27-10-8-19-14-23(28-4)24(29-5)15-21(19)22(27)16-30-20-12-17(2)11-18(3)13-20/h11-15,22H,6-10,16H2,1-5H3,(H,26,31)/t22-/m0/s1. The average Bonchev–Trinajstić information content (AvgIpc) is 2.75. The molecule has 5 nitrogen and oxygen atoms in total. The molecular formula is C25H34N2O3S. The van der Waals surface area contributed by atoms with Gasteiger partial charge in [0.2, 0.25) is 0 Å². The van der Waals surface area contributed by atoms with Crippen LogP contribution in [-0.2, 0) is 6.42 Å². The monoisotopic (exact) mass is 442 g/mol. The van der Waals surface area contributed by atoms with Crippen LogP contribution in [0.2, 0.25) is 0 Å². The number of benzene rings is 2. The summed E-state index contributed by atoms with van der Waals surface area (Å²) >= 11 is 5.78. The van der Waals surface area contributed by atoms with Gasteiger partial charge in [-0.3, -0.25) is 0 Å². The minimum Gasteiger partial charge on any atom is -0.493 e. The molecule has 2 aromatic rings. The maximum absolute atomic E-state index is 6.30. The highest BCUT2D eigenvalue weighted by molar-refractivity contribution is 7.80. The molecule has 0 amide bonds. The summed E-state index contributed by atoms with van der Waals surface area (Å²) < 4.78 is 17.4. The van der Waals surface area contributed by atoms with Crippen molar-refractivity contribution < 1.29 is 14.2 Å². The fourth-order valence-electron chi connectivity index (χ4n) is 4.12. The Kier molecular flexibility index (Phi) is 8.02. The molecule has 0 radical (unpaired) electrons. The minimum absolute atomic E-state index is 0.00833. The number of methoxy groups -OCH3 is 2.